The zero-order valence-corrected chi connectivity index (χ0v) is 17.7. The monoisotopic (exact) mass is 382 g/mol. The number of hydrogen-bond acceptors (Lipinski definition) is 4. The van der Waals surface area contributed by atoms with E-state index in [9.17, 15) is 10.2 Å². The average Bonchev–Trinajstić information content (AvgIpc) is 2.77. The number of phenolic OH excluding ortho intramolecular Hbond substituents is 1. The molecular weight excluding hydrogens is 348 g/mol. The number of nitrogen functional groups attached to an aromatic ring is 1. The number of anilines is 1. The zero-order valence-electron chi connectivity index (χ0n) is 17.7. The second kappa shape index (κ2) is 8.17. The lowest BCUT2D eigenvalue weighted by Crippen LogP contribution is -2.19. The minimum Gasteiger partial charge on any atom is -0.506 e. The van der Waals surface area contributed by atoms with Gasteiger partial charge in [0, 0.05) is 0 Å². The Morgan fingerprint density at radius 1 is 1.07 bits per heavy atom. The number of phenols is 1. The number of aliphatic hydroxyl groups is 1. The summed E-state index contributed by atoms with van der Waals surface area (Å²) in [4.78, 5) is 0. The third-order valence-electron chi connectivity index (χ3n) is 5.67. The van der Waals surface area contributed by atoms with Crippen molar-refractivity contribution in [1.29, 1.82) is 0 Å². The van der Waals surface area contributed by atoms with Crippen LogP contribution in [0, 0.1) is 10.8 Å². The second-order valence-corrected chi connectivity index (χ2v) is 9.10. The highest BCUT2D eigenvalue weighted by Gasteiger charge is 2.26. The SMILES string of the molecule is CC(c1ccc(O)c(N)c1)C(C)(C)/C=C/C(C)(C)CC1=CC=C(O)C(N)=CC1. The highest BCUT2D eigenvalue weighted by atomic mass is 16.3. The van der Waals surface area contributed by atoms with Crippen LogP contribution in [0.25, 0.3) is 0 Å². The molecule has 0 saturated heterocycles. The van der Waals surface area contributed by atoms with Gasteiger partial charge in [-0.2, -0.15) is 0 Å². The quantitative estimate of drug-likeness (QED) is 0.289. The molecule has 0 heterocycles. The summed E-state index contributed by atoms with van der Waals surface area (Å²) in [5, 5.41) is 19.4. The summed E-state index contributed by atoms with van der Waals surface area (Å²) in [5.74, 6) is 0.491. The molecule has 0 fully saturated rings. The minimum atomic E-state index is -0.0823. The smallest absolute Gasteiger partial charge is 0.138 e. The summed E-state index contributed by atoms with van der Waals surface area (Å²) >= 11 is 0. The summed E-state index contributed by atoms with van der Waals surface area (Å²) in [6.45, 7) is 11.0. The van der Waals surface area contributed by atoms with Crippen molar-refractivity contribution in [3.8, 4) is 5.75 Å². The number of benzene rings is 1. The van der Waals surface area contributed by atoms with Gasteiger partial charge in [0.05, 0.1) is 11.4 Å². The van der Waals surface area contributed by atoms with Crippen LogP contribution in [0.15, 0.2) is 65.6 Å². The number of rotatable bonds is 6. The molecule has 1 aromatic rings. The predicted octanol–water partition coefficient (Wildman–Crippen LogP) is 5.69. The molecule has 1 aromatic carbocycles. The largest absolute Gasteiger partial charge is 0.506 e. The van der Waals surface area contributed by atoms with Crippen LogP contribution in [0.4, 0.5) is 5.69 Å². The van der Waals surface area contributed by atoms with E-state index in [0.29, 0.717) is 11.4 Å². The van der Waals surface area contributed by atoms with Gasteiger partial charge in [0.1, 0.15) is 11.5 Å². The number of hydrogen-bond donors (Lipinski definition) is 4. The molecule has 0 radical (unpaired) electrons. The molecule has 0 aliphatic heterocycles. The molecule has 0 saturated carbocycles. The van der Waals surface area contributed by atoms with Crippen molar-refractivity contribution in [3.05, 3.63) is 71.2 Å². The second-order valence-electron chi connectivity index (χ2n) is 9.10. The maximum absolute atomic E-state index is 9.77. The highest BCUT2D eigenvalue weighted by molar-refractivity contribution is 5.54. The standard InChI is InChI=1S/C24H34N2O2/c1-16(18-8-11-22(28)20(26)14-18)24(4,5)13-12-23(2,3)15-17-6-9-19(25)21(27)10-7-17/h7-14,16,27-28H,6,15,25-26H2,1-5H3/b13-12+. The van der Waals surface area contributed by atoms with Crippen LogP contribution in [0.1, 0.15) is 58.9 Å². The van der Waals surface area contributed by atoms with Gasteiger partial charge in [-0.05, 0) is 53.4 Å². The van der Waals surface area contributed by atoms with Crippen LogP contribution in [-0.4, -0.2) is 10.2 Å². The van der Waals surface area contributed by atoms with Crippen molar-refractivity contribution in [3.63, 3.8) is 0 Å². The molecule has 4 heteroatoms. The molecule has 152 valence electrons. The van der Waals surface area contributed by atoms with Gasteiger partial charge in [0.25, 0.3) is 0 Å². The lowest BCUT2D eigenvalue weighted by Gasteiger charge is -2.31. The van der Waals surface area contributed by atoms with Gasteiger partial charge in [-0.25, -0.2) is 0 Å². The van der Waals surface area contributed by atoms with Gasteiger partial charge < -0.3 is 21.7 Å². The maximum atomic E-state index is 9.77. The van der Waals surface area contributed by atoms with Crippen molar-refractivity contribution in [2.75, 3.05) is 5.73 Å². The molecule has 1 aliphatic rings. The Kier molecular flexibility index (Phi) is 6.33. The van der Waals surface area contributed by atoms with Crippen molar-refractivity contribution < 1.29 is 10.2 Å². The molecule has 0 bridgehead atoms. The summed E-state index contributed by atoms with van der Waals surface area (Å²) in [6.07, 6.45) is 11.7. The fourth-order valence-corrected chi connectivity index (χ4v) is 3.34. The first-order valence-corrected chi connectivity index (χ1v) is 9.75. The molecule has 0 spiro atoms. The van der Waals surface area contributed by atoms with Crippen molar-refractivity contribution in [2.45, 2.75) is 53.4 Å². The van der Waals surface area contributed by atoms with Crippen molar-refractivity contribution >= 4 is 5.69 Å². The van der Waals surface area contributed by atoms with Crippen LogP contribution in [0.3, 0.4) is 0 Å². The number of nitrogens with two attached hydrogens (primary N) is 2. The topological polar surface area (TPSA) is 92.5 Å². The van der Waals surface area contributed by atoms with Crippen molar-refractivity contribution in [2.24, 2.45) is 16.6 Å². The van der Waals surface area contributed by atoms with E-state index in [2.05, 4.69) is 46.8 Å². The minimum absolute atomic E-state index is 0.0345. The Balaban J connectivity index is 2.14. The van der Waals surface area contributed by atoms with E-state index in [-0.39, 0.29) is 28.3 Å². The Morgan fingerprint density at radius 2 is 1.75 bits per heavy atom. The first-order chi connectivity index (χ1) is 12.9. The normalized spacial score (nSPS) is 17.0. The zero-order chi connectivity index (χ0) is 21.1. The van der Waals surface area contributed by atoms with Crippen LogP contribution in [0.5, 0.6) is 5.75 Å². The van der Waals surface area contributed by atoms with E-state index >= 15 is 0 Å². The van der Waals surface area contributed by atoms with Gasteiger partial charge in [-0.3, -0.25) is 0 Å². The van der Waals surface area contributed by atoms with Gasteiger partial charge >= 0.3 is 0 Å². The number of allylic oxidation sites excluding steroid dienone is 6. The Hall–Kier alpha value is -2.62. The molecule has 1 atom stereocenters. The van der Waals surface area contributed by atoms with E-state index in [1.165, 1.54) is 5.57 Å². The fourth-order valence-electron chi connectivity index (χ4n) is 3.34. The number of aromatic hydroxyl groups is 1. The third kappa shape index (κ3) is 5.44. The van der Waals surface area contributed by atoms with Gasteiger partial charge in [0.2, 0.25) is 0 Å². The van der Waals surface area contributed by atoms with E-state index in [0.717, 1.165) is 18.4 Å². The van der Waals surface area contributed by atoms with Crippen molar-refractivity contribution in [1.82, 2.24) is 0 Å². The van der Waals surface area contributed by atoms with Gasteiger partial charge in [-0.1, -0.05) is 70.6 Å². The Bertz CT molecular complexity index is 842. The molecule has 1 unspecified atom stereocenters. The van der Waals surface area contributed by atoms with Gasteiger partial charge in [0.15, 0.2) is 0 Å². The Morgan fingerprint density at radius 3 is 2.39 bits per heavy atom. The molecule has 0 aromatic heterocycles. The molecule has 2 rings (SSSR count). The van der Waals surface area contributed by atoms with E-state index in [4.69, 9.17) is 11.5 Å². The average molecular weight is 383 g/mol. The highest BCUT2D eigenvalue weighted by Crippen LogP contribution is 2.40. The number of aliphatic hydroxyl groups excluding tert-OH is 1. The molecule has 4 nitrogen and oxygen atoms in total. The molecular formula is C24H34N2O2. The van der Waals surface area contributed by atoms with E-state index in [1.807, 2.05) is 24.3 Å². The van der Waals surface area contributed by atoms with Crippen LogP contribution < -0.4 is 11.5 Å². The van der Waals surface area contributed by atoms with Crippen LogP contribution in [-0.2, 0) is 0 Å². The van der Waals surface area contributed by atoms with Crippen LogP contribution >= 0.6 is 0 Å². The summed E-state index contributed by atoms with van der Waals surface area (Å²) in [5.41, 5.74) is 14.7. The predicted molar refractivity (Wildman–Crippen MR) is 118 cm³/mol. The lowest BCUT2D eigenvalue weighted by molar-refractivity contribution is 0.382. The molecule has 1 aliphatic carbocycles. The molecule has 28 heavy (non-hydrogen) atoms. The first kappa shape index (κ1) is 21.7. The summed E-state index contributed by atoms with van der Waals surface area (Å²) in [7, 11) is 0. The molecule has 0 amide bonds. The summed E-state index contributed by atoms with van der Waals surface area (Å²) in [6, 6.07) is 5.45. The molecule has 6 N–H and O–H groups in total. The van der Waals surface area contributed by atoms with Gasteiger partial charge in [-0.15, -0.1) is 0 Å². The summed E-state index contributed by atoms with van der Waals surface area (Å²) < 4.78 is 0. The van der Waals surface area contributed by atoms with E-state index in [1.54, 1.807) is 12.1 Å². The Labute approximate surface area is 169 Å². The van der Waals surface area contributed by atoms with E-state index < -0.39 is 0 Å². The third-order valence-corrected chi connectivity index (χ3v) is 5.67. The fraction of sp³-hybridized carbons (Fsp3) is 0.417. The first-order valence-electron chi connectivity index (χ1n) is 9.75. The maximum Gasteiger partial charge on any atom is 0.138 e. The van der Waals surface area contributed by atoms with Crippen LogP contribution in [0.2, 0.25) is 0 Å². The lowest BCUT2D eigenvalue weighted by atomic mass is 9.73.